The summed E-state index contributed by atoms with van der Waals surface area (Å²) in [7, 11) is 0. The molecule has 0 bridgehead atoms. The molecule has 0 unspecified atom stereocenters. The lowest BCUT2D eigenvalue weighted by atomic mass is 9.90. The fourth-order valence-corrected chi connectivity index (χ4v) is 4.41. The van der Waals surface area contributed by atoms with Crippen molar-refractivity contribution in [3.63, 3.8) is 0 Å². The largest absolute Gasteiger partial charge is 0.378 e. The first-order valence-electron chi connectivity index (χ1n) is 11.1. The molecule has 0 atom stereocenters. The number of morpholine rings is 1. The van der Waals surface area contributed by atoms with E-state index in [2.05, 4.69) is 29.9 Å². The van der Waals surface area contributed by atoms with E-state index in [9.17, 15) is 0 Å². The van der Waals surface area contributed by atoms with Crippen molar-refractivity contribution in [3.8, 4) is 11.3 Å². The molecule has 32 heavy (non-hydrogen) atoms. The average Bonchev–Trinajstić information content (AvgIpc) is 3.25. The maximum Gasteiger partial charge on any atom is 0.225 e. The summed E-state index contributed by atoms with van der Waals surface area (Å²) in [5.41, 5.74) is 9.53. The number of piperidine rings is 1. The second-order valence-corrected chi connectivity index (χ2v) is 8.39. The summed E-state index contributed by atoms with van der Waals surface area (Å²) in [6.45, 7) is 8.58. The van der Waals surface area contributed by atoms with Crippen LogP contribution in [0, 0.1) is 13.8 Å². The van der Waals surface area contributed by atoms with Crippen molar-refractivity contribution in [2.45, 2.75) is 32.6 Å². The third-order valence-corrected chi connectivity index (χ3v) is 6.06. The van der Waals surface area contributed by atoms with Crippen LogP contribution in [0.4, 0.5) is 17.7 Å². The van der Waals surface area contributed by atoms with Crippen LogP contribution >= 0.6 is 0 Å². The first kappa shape index (κ1) is 20.6. The normalized spacial score (nSPS) is 17.7. The Balaban J connectivity index is 1.42. The molecule has 0 amide bonds. The Hall–Kier alpha value is -3.27. The SMILES string of the molecule is Cc1cc(-c2cnc(N3CCOCC3)nc2C2CCN(c3cc(C)nc(N)n3)CC2)on1. The molecule has 0 spiro atoms. The summed E-state index contributed by atoms with van der Waals surface area (Å²) >= 11 is 0. The Labute approximate surface area is 186 Å². The van der Waals surface area contributed by atoms with E-state index in [-0.39, 0.29) is 5.92 Å². The van der Waals surface area contributed by atoms with Crippen LogP contribution in [0.15, 0.2) is 22.9 Å². The van der Waals surface area contributed by atoms with E-state index in [4.69, 9.17) is 20.0 Å². The molecule has 2 aliphatic rings. The maximum atomic E-state index is 5.86. The zero-order valence-corrected chi connectivity index (χ0v) is 18.5. The molecule has 3 aromatic heterocycles. The second-order valence-electron chi connectivity index (χ2n) is 8.39. The van der Waals surface area contributed by atoms with Gasteiger partial charge in [0.1, 0.15) is 5.82 Å². The standard InChI is InChI=1S/C22H28N8O2/c1-14-12-19(26-21(23)25-14)29-5-3-16(4-6-29)20-17(18-11-15(2)28-32-18)13-24-22(27-20)30-7-9-31-10-8-30/h11-13,16H,3-10H2,1-2H3,(H2,23,25,26). The minimum absolute atomic E-state index is 0.287. The smallest absolute Gasteiger partial charge is 0.225 e. The van der Waals surface area contributed by atoms with Gasteiger partial charge in [-0.1, -0.05) is 5.16 Å². The van der Waals surface area contributed by atoms with Crippen LogP contribution in [0.1, 0.15) is 35.8 Å². The highest BCUT2D eigenvalue weighted by molar-refractivity contribution is 5.61. The zero-order chi connectivity index (χ0) is 22.1. The van der Waals surface area contributed by atoms with Crippen LogP contribution in [-0.4, -0.2) is 64.5 Å². The van der Waals surface area contributed by atoms with Crippen LogP contribution in [0.3, 0.4) is 0 Å². The number of nitrogen functional groups attached to an aromatic ring is 1. The van der Waals surface area contributed by atoms with E-state index in [1.165, 1.54) is 0 Å². The van der Waals surface area contributed by atoms with Crippen molar-refractivity contribution in [1.82, 2.24) is 25.1 Å². The summed E-state index contributed by atoms with van der Waals surface area (Å²) in [5, 5.41) is 4.07. The molecule has 0 aromatic carbocycles. The number of hydrogen-bond donors (Lipinski definition) is 1. The molecule has 0 radical (unpaired) electrons. The van der Waals surface area contributed by atoms with Crippen LogP contribution in [0.2, 0.25) is 0 Å². The van der Waals surface area contributed by atoms with Crippen molar-refractivity contribution < 1.29 is 9.26 Å². The van der Waals surface area contributed by atoms with Gasteiger partial charge in [0, 0.05) is 56.1 Å². The van der Waals surface area contributed by atoms with Crippen molar-refractivity contribution in [3.05, 3.63) is 35.4 Å². The van der Waals surface area contributed by atoms with E-state index in [0.29, 0.717) is 24.9 Å². The van der Waals surface area contributed by atoms with Crippen LogP contribution in [-0.2, 0) is 4.74 Å². The number of hydrogen-bond acceptors (Lipinski definition) is 10. The summed E-state index contributed by atoms with van der Waals surface area (Å²) in [4.78, 5) is 22.8. The van der Waals surface area contributed by atoms with Crippen molar-refractivity contribution in [2.24, 2.45) is 0 Å². The summed E-state index contributed by atoms with van der Waals surface area (Å²) < 4.78 is 11.1. The van der Waals surface area contributed by atoms with Crippen molar-refractivity contribution in [1.29, 1.82) is 0 Å². The van der Waals surface area contributed by atoms with Crippen molar-refractivity contribution in [2.75, 3.05) is 54.9 Å². The number of rotatable bonds is 4. The van der Waals surface area contributed by atoms with E-state index >= 15 is 0 Å². The number of nitrogens with zero attached hydrogens (tertiary/aromatic N) is 7. The minimum atomic E-state index is 0.287. The van der Waals surface area contributed by atoms with Crippen LogP contribution in [0.5, 0.6) is 0 Å². The lowest BCUT2D eigenvalue weighted by Crippen LogP contribution is -2.38. The Morgan fingerprint density at radius 2 is 1.72 bits per heavy atom. The molecular weight excluding hydrogens is 408 g/mol. The van der Waals surface area contributed by atoms with Gasteiger partial charge in [-0.25, -0.2) is 15.0 Å². The summed E-state index contributed by atoms with van der Waals surface area (Å²) in [5.74, 6) is 2.96. The van der Waals surface area contributed by atoms with E-state index in [1.807, 2.05) is 32.2 Å². The van der Waals surface area contributed by atoms with Crippen LogP contribution in [0.25, 0.3) is 11.3 Å². The molecule has 2 saturated heterocycles. The average molecular weight is 437 g/mol. The molecule has 168 valence electrons. The van der Waals surface area contributed by atoms with Crippen molar-refractivity contribution >= 4 is 17.7 Å². The first-order valence-corrected chi connectivity index (χ1v) is 11.1. The third kappa shape index (κ3) is 4.22. The summed E-state index contributed by atoms with van der Waals surface area (Å²) in [6.07, 6.45) is 3.78. The lowest BCUT2D eigenvalue weighted by molar-refractivity contribution is 0.122. The fraction of sp³-hybridized carbons (Fsp3) is 0.500. The Morgan fingerprint density at radius 1 is 0.938 bits per heavy atom. The molecule has 2 N–H and O–H groups in total. The van der Waals surface area contributed by atoms with Gasteiger partial charge in [-0.15, -0.1) is 0 Å². The predicted octanol–water partition coefficient (Wildman–Crippen LogP) is 2.34. The van der Waals surface area contributed by atoms with Gasteiger partial charge in [0.25, 0.3) is 0 Å². The number of aryl methyl sites for hydroxylation is 2. The number of anilines is 3. The van der Waals surface area contributed by atoms with Gasteiger partial charge in [0.05, 0.1) is 30.2 Å². The van der Waals surface area contributed by atoms with Gasteiger partial charge in [0.15, 0.2) is 5.76 Å². The number of aromatic nitrogens is 5. The Bertz CT molecular complexity index is 1070. The number of nitrogens with two attached hydrogens (primary N) is 1. The topological polar surface area (TPSA) is 119 Å². The molecule has 5 rings (SSSR count). The molecule has 0 aliphatic carbocycles. The quantitative estimate of drug-likeness (QED) is 0.652. The van der Waals surface area contributed by atoms with E-state index in [1.54, 1.807) is 0 Å². The van der Waals surface area contributed by atoms with Gasteiger partial charge >= 0.3 is 0 Å². The highest BCUT2D eigenvalue weighted by Gasteiger charge is 2.28. The van der Waals surface area contributed by atoms with E-state index in [0.717, 1.165) is 73.4 Å². The molecule has 10 heteroatoms. The fourth-order valence-electron chi connectivity index (χ4n) is 4.41. The van der Waals surface area contributed by atoms with E-state index < -0.39 is 0 Å². The molecule has 2 aliphatic heterocycles. The molecular formula is C22H28N8O2. The third-order valence-electron chi connectivity index (χ3n) is 6.06. The zero-order valence-electron chi connectivity index (χ0n) is 18.5. The van der Waals surface area contributed by atoms with Gasteiger partial charge in [-0.05, 0) is 26.7 Å². The second kappa shape index (κ2) is 8.70. The summed E-state index contributed by atoms with van der Waals surface area (Å²) in [6, 6.07) is 3.93. The number of ether oxygens (including phenoxy) is 1. The highest BCUT2D eigenvalue weighted by Crippen LogP contribution is 2.36. The lowest BCUT2D eigenvalue weighted by Gasteiger charge is -2.34. The monoisotopic (exact) mass is 436 g/mol. The first-order chi connectivity index (χ1) is 15.6. The van der Waals surface area contributed by atoms with Gasteiger partial charge < -0.3 is 24.8 Å². The minimum Gasteiger partial charge on any atom is -0.378 e. The predicted molar refractivity (Wildman–Crippen MR) is 121 cm³/mol. The van der Waals surface area contributed by atoms with Gasteiger partial charge in [-0.3, -0.25) is 0 Å². The van der Waals surface area contributed by atoms with Crippen LogP contribution < -0.4 is 15.5 Å². The van der Waals surface area contributed by atoms with Gasteiger partial charge in [-0.2, -0.15) is 4.98 Å². The molecule has 3 aromatic rings. The Kier molecular flexibility index (Phi) is 5.60. The molecule has 10 nitrogen and oxygen atoms in total. The molecule has 2 fully saturated rings. The maximum absolute atomic E-state index is 5.86. The van der Waals surface area contributed by atoms with Gasteiger partial charge in [0.2, 0.25) is 11.9 Å². The molecule has 5 heterocycles. The molecule has 0 saturated carbocycles. The highest BCUT2D eigenvalue weighted by atomic mass is 16.5. The Morgan fingerprint density at radius 3 is 2.41 bits per heavy atom.